The predicted molar refractivity (Wildman–Crippen MR) is 60.8 cm³/mol. The molecule has 0 spiro atoms. The van der Waals surface area contributed by atoms with Gasteiger partial charge in [-0.1, -0.05) is 41.1 Å². The zero-order chi connectivity index (χ0) is 10.7. The minimum Gasteiger partial charge on any atom is -0.409 e. The van der Waals surface area contributed by atoms with E-state index in [2.05, 4.69) is 29.4 Å². The average molecular weight is 202 g/mol. The van der Waals surface area contributed by atoms with Crippen molar-refractivity contribution in [2.24, 2.45) is 10.9 Å². The van der Waals surface area contributed by atoms with E-state index in [1.54, 1.807) is 0 Å². The molecule has 0 amide bonds. The number of benzene rings is 1. The number of rotatable bonds is 2. The maximum absolute atomic E-state index is 8.50. The van der Waals surface area contributed by atoms with E-state index in [1.807, 2.05) is 6.07 Å². The molecule has 78 valence electrons. The van der Waals surface area contributed by atoms with Gasteiger partial charge < -0.3 is 10.9 Å². The predicted octanol–water partition coefficient (Wildman–Crippen LogP) is 2.15. The minimum absolute atomic E-state index is 0.278. The first-order valence-corrected chi connectivity index (χ1v) is 5.03. The van der Waals surface area contributed by atoms with Crippen LogP contribution in [0.5, 0.6) is 0 Å². The molecule has 3 heteroatoms. The van der Waals surface area contributed by atoms with Crippen molar-refractivity contribution in [1.82, 2.24) is 0 Å². The fourth-order valence-corrected chi connectivity index (χ4v) is 1.90. The second kappa shape index (κ2) is 4.17. The van der Waals surface area contributed by atoms with E-state index < -0.39 is 0 Å². The minimum atomic E-state index is 0.278. The van der Waals surface area contributed by atoms with E-state index >= 15 is 0 Å². The normalized spacial score (nSPS) is 15.7. The van der Waals surface area contributed by atoms with E-state index in [4.69, 9.17) is 10.9 Å². The summed E-state index contributed by atoms with van der Waals surface area (Å²) >= 11 is 0. The summed E-state index contributed by atoms with van der Waals surface area (Å²) in [5.74, 6) is 0.278. The number of hydrogen-bond acceptors (Lipinski definition) is 2. The molecule has 0 aliphatic heterocycles. The molecule has 0 fully saturated rings. The Hall–Kier alpha value is -1.77. The molecule has 1 aliphatic carbocycles. The number of nitrogens with two attached hydrogens (primary N) is 1. The van der Waals surface area contributed by atoms with Crippen LogP contribution in [-0.4, -0.2) is 11.0 Å². The van der Waals surface area contributed by atoms with Crippen LogP contribution in [0.25, 0.3) is 6.08 Å². The van der Waals surface area contributed by atoms with Crippen molar-refractivity contribution in [2.75, 3.05) is 0 Å². The smallest absolute Gasteiger partial charge is 0.143 e. The number of oxime groups is 1. The van der Waals surface area contributed by atoms with Crippen LogP contribution in [0, 0.1) is 0 Å². The van der Waals surface area contributed by atoms with Gasteiger partial charge >= 0.3 is 0 Å². The second-order valence-electron chi connectivity index (χ2n) is 3.77. The van der Waals surface area contributed by atoms with E-state index in [0.717, 1.165) is 12.8 Å². The highest BCUT2D eigenvalue weighted by Gasteiger charge is 2.10. The molecule has 0 unspecified atom stereocenters. The van der Waals surface area contributed by atoms with Crippen LogP contribution in [0.1, 0.15) is 24.0 Å². The SMILES string of the molecule is NC(CC1=Cc2ccccc2CC1)=NO. The molecule has 1 aromatic rings. The van der Waals surface area contributed by atoms with E-state index in [-0.39, 0.29) is 5.84 Å². The van der Waals surface area contributed by atoms with Gasteiger partial charge in [0.2, 0.25) is 0 Å². The van der Waals surface area contributed by atoms with Gasteiger partial charge in [-0.3, -0.25) is 0 Å². The standard InChI is InChI=1S/C12H14N2O/c13-12(14-15)8-9-5-6-10-3-1-2-4-11(10)7-9/h1-4,7,15H,5-6,8H2,(H2,13,14). The van der Waals surface area contributed by atoms with Crippen LogP contribution in [0.15, 0.2) is 35.0 Å². The van der Waals surface area contributed by atoms with Crippen molar-refractivity contribution in [1.29, 1.82) is 0 Å². The quantitative estimate of drug-likeness (QED) is 0.334. The van der Waals surface area contributed by atoms with E-state index in [0.29, 0.717) is 6.42 Å². The monoisotopic (exact) mass is 202 g/mol. The Kier molecular flexibility index (Phi) is 2.72. The fourth-order valence-electron chi connectivity index (χ4n) is 1.90. The number of hydrogen-bond donors (Lipinski definition) is 2. The first kappa shape index (κ1) is 9.77. The van der Waals surface area contributed by atoms with E-state index in [1.165, 1.54) is 16.7 Å². The molecule has 0 radical (unpaired) electrons. The Balaban J connectivity index is 2.22. The Bertz CT molecular complexity index is 421. The van der Waals surface area contributed by atoms with Gasteiger partial charge in [0.25, 0.3) is 0 Å². The van der Waals surface area contributed by atoms with Gasteiger partial charge in [0.05, 0.1) is 0 Å². The molecule has 15 heavy (non-hydrogen) atoms. The average Bonchev–Trinajstić information content (AvgIpc) is 2.29. The fraction of sp³-hybridized carbons (Fsp3) is 0.250. The largest absolute Gasteiger partial charge is 0.409 e. The summed E-state index contributed by atoms with van der Waals surface area (Å²) in [5.41, 5.74) is 9.34. The van der Waals surface area contributed by atoms with Crippen molar-refractivity contribution >= 4 is 11.9 Å². The van der Waals surface area contributed by atoms with Crippen molar-refractivity contribution < 1.29 is 5.21 Å². The third kappa shape index (κ3) is 2.18. The zero-order valence-corrected chi connectivity index (χ0v) is 8.48. The van der Waals surface area contributed by atoms with Crippen LogP contribution in [0.4, 0.5) is 0 Å². The van der Waals surface area contributed by atoms with Crippen LogP contribution in [0.2, 0.25) is 0 Å². The molecular weight excluding hydrogens is 188 g/mol. The first-order chi connectivity index (χ1) is 7.29. The molecule has 2 rings (SSSR count). The molecule has 1 aliphatic rings. The van der Waals surface area contributed by atoms with Crippen LogP contribution in [0.3, 0.4) is 0 Å². The van der Waals surface area contributed by atoms with Gasteiger partial charge in [0.15, 0.2) is 0 Å². The molecule has 0 atom stereocenters. The van der Waals surface area contributed by atoms with Crippen LogP contribution in [-0.2, 0) is 6.42 Å². The maximum Gasteiger partial charge on any atom is 0.143 e. The summed E-state index contributed by atoms with van der Waals surface area (Å²) in [7, 11) is 0. The van der Waals surface area contributed by atoms with Crippen molar-refractivity contribution in [3.63, 3.8) is 0 Å². The Morgan fingerprint density at radius 2 is 2.13 bits per heavy atom. The number of fused-ring (bicyclic) bond motifs is 1. The van der Waals surface area contributed by atoms with Crippen LogP contribution < -0.4 is 5.73 Å². The summed E-state index contributed by atoms with van der Waals surface area (Å²) in [6.45, 7) is 0. The lowest BCUT2D eigenvalue weighted by atomic mass is 9.91. The summed E-state index contributed by atoms with van der Waals surface area (Å²) in [6.07, 6.45) is 4.73. The third-order valence-electron chi connectivity index (χ3n) is 2.67. The molecule has 3 nitrogen and oxygen atoms in total. The molecule has 0 saturated heterocycles. The third-order valence-corrected chi connectivity index (χ3v) is 2.67. The van der Waals surface area contributed by atoms with Crippen molar-refractivity contribution in [3.05, 3.63) is 41.0 Å². The Morgan fingerprint density at radius 3 is 2.93 bits per heavy atom. The lowest BCUT2D eigenvalue weighted by molar-refractivity contribution is 0.317. The van der Waals surface area contributed by atoms with Crippen LogP contribution >= 0.6 is 0 Å². The lowest BCUT2D eigenvalue weighted by Crippen LogP contribution is -2.13. The van der Waals surface area contributed by atoms with Gasteiger partial charge in [-0.25, -0.2) is 0 Å². The van der Waals surface area contributed by atoms with Gasteiger partial charge in [0.1, 0.15) is 5.84 Å². The highest BCUT2D eigenvalue weighted by molar-refractivity contribution is 5.83. The molecule has 1 aromatic carbocycles. The topological polar surface area (TPSA) is 58.6 Å². The van der Waals surface area contributed by atoms with Crippen molar-refractivity contribution in [3.8, 4) is 0 Å². The van der Waals surface area contributed by atoms with E-state index in [9.17, 15) is 0 Å². The highest BCUT2D eigenvalue weighted by Crippen LogP contribution is 2.25. The second-order valence-corrected chi connectivity index (χ2v) is 3.77. The summed E-state index contributed by atoms with van der Waals surface area (Å²) < 4.78 is 0. The Morgan fingerprint density at radius 1 is 1.33 bits per heavy atom. The molecule has 0 aromatic heterocycles. The van der Waals surface area contributed by atoms with Crippen molar-refractivity contribution in [2.45, 2.75) is 19.3 Å². The van der Waals surface area contributed by atoms with Gasteiger partial charge in [0, 0.05) is 6.42 Å². The lowest BCUT2D eigenvalue weighted by Gasteiger charge is -2.15. The molecule has 3 N–H and O–H groups in total. The summed E-state index contributed by atoms with van der Waals surface area (Å²) in [6, 6.07) is 8.33. The maximum atomic E-state index is 8.50. The molecule has 0 bridgehead atoms. The summed E-state index contributed by atoms with van der Waals surface area (Å²) in [4.78, 5) is 0. The van der Waals surface area contributed by atoms with Gasteiger partial charge in [-0.15, -0.1) is 0 Å². The number of amidine groups is 1. The Labute approximate surface area is 88.9 Å². The molecule has 0 saturated carbocycles. The van der Waals surface area contributed by atoms with Gasteiger partial charge in [-0.2, -0.15) is 0 Å². The first-order valence-electron chi connectivity index (χ1n) is 5.03. The summed E-state index contributed by atoms with van der Waals surface area (Å²) in [5, 5.41) is 11.5. The zero-order valence-electron chi connectivity index (χ0n) is 8.48. The number of nitrogens with zero attached hydrogens (tertiary/aromatic N) is 1. The molecular formula is C12H14N2O. The van der Waals surface area contributed by atoms with Gasteiger partial charge in [-0.05, 0) is 24.0 Å². The highest BCUT2D eigenvalue weighted by atomic mass is 16.4. The molecule has 0 heterocycles. The number of aryl methyl sites for hydroxylation is 1.